The summed E-state index contributed by atoms with van der Waals surface area (Å²) < 4.78 is 28.5. The number of ether oxygens (including phenoxy) is 1. The summed E-state index contributed by atoms with van der Waals surface area (Å²) in [4.78, 5) is 8.16. The van der Waals surface area contributed by atoms with E-state index in [0.29, 0.717) is 23.8 Å². The molecule has 0 radical (unpaired) electrons. The summed E-state index contributed by atoms with van der Waals surface area (Å²) >= 11 is 0. The molecule has 1 aromatic rings. The molecule has 7 nitrogen and oxygen atoms in total. The van der Waals surface area contributed by atoms with Gasteiger partial charge in [0.05, 0.1) is 18.6 Å². The number of hydrogen-bond donors (Lipinski definition) is 2. The largest absolute Gasteiger partial charge is 0.490 e. The van der Waals surface area contributed by atoms with E-state index in [-0.39, 0.29) is 17.5 Å². The van der Waals surface area contributed by atoms with Crippen LogP contribution in [0.25, 0.3) is 0 Å². The van der Waals surface area contributed by atoms with Gasteiger partial charge in [0, 0.05) is 13.1 Å². The molecule has 2 heterocycles. The first-order chi connectivity index (χ1) is 9.05. The zero-order valence-electron chi connectivity index (χ0n) is 11.0. The summed E-state index contributed by atoms with van der Waals surface area (Å²) in [7, 11) is 0.316. The zero-order valence-corrected chi connectivity index (χ0v) is 11.8. The average molecular weight is 286 g/mol. The van der Waals surface area contributed by atoms with Crippen molar-refractivity contribution in [1.82, 2.24) is 9.97 Å². The molecule has 1 atom stereocenters. The van der Waals surface area contributed by atoms with E-state index in [9.17, 15) is 8.42 Å². The van der Waals surface area contributed by atoms with E-state index in [1.54, 1.807) is 7.05 Å². The molecule has 1 saturated heterocycles. The lowest BCUT2D eigenvalue weighted by molar-refractivity contribution is 0.414. The van der Waals surface area contributed by atoms with Crippen LogP contribution in [-0.4, -0.2) is 50.1 Å². The number of sulfone groups is 1. The van der Waals surface area contributed by atoms with Gasteiger partial charge in [-0.1, -0.05) is 0 Å². The Hall–Kier alpha value is -1.57. The Kier molecular flexibility index (Phi) is 4.08. The van der Waals surface area contributed by atoms with Crippen LogP contribution >= 0.6 is 0 Å². The summed E-state index contributed by atoms with van der Waals surface area (Å²) in [5.41, 5.74) is 0. The Labute approximate surface area is 112 Å². The van der Waals surface area contributed by atoms with Crippen LogP contribution in [0.5, 0.6) is 5.75 Å². The zero-order chi connectivity index (χ0) is 13.9. The highest BCUT2D eigenvalue weighted by molar-refractivity contribution is 7.91. The van der Waals surface area contributed by atoms with Crippen molar-refractivity contribution in [2.45, 2.75) is 18.9 Å². The molecule has 1 aromatic heterocycles. The maximum Gasteiger partial charge on any atom is 0.204 e. The highest BCUT2D eigenvalue weighted by Crippen LogP contribution is 2.30. The van der Waals surface area contributed by atoms with Gasteiger partial charge in [-0.05, 0) is 12.8 Å². The molecule has 2 rings (SSSR count). The Morgan fingerprint density at radius 3 is 2.74 bits per heavy atom. The maximum atomic E-state index is 11.6. The molecule has 8 heteroatoms. The van der Waals surface area contributed by atoms with Crippen LogP contribution < -0.4 is 15.4 Å². The number of methoxy groups -OCH3 is 1. The van der Waals surface area contributed by atoms with Gasteiger partial charge in [-0.15, -0.1) is 0 Å². The fourth-order valence-electron chi connectivity index (χ4n) is 2.18. The minimum absolute atomic E-state index is 0.132. The molecule has 0 bridgehead atoms. The molecule has 1 unspecified atom stereocenters. The second-order valence-electron chi connectivity index (χ2n) is 4.45. The molecule has 0 amide bonds. The normalized spacial score (nSPS) is 21.7. The minimum atomic E-state index is -2.95. The second kappa shape index (κ2) is 5.60. The predicted molar refractivity (Wildman–Crippen MR) is 73.4 cm³/mol. The average Bonchev–Trinajstić information content (AvgIpc) is 2.37. The first-order valence-electron chi connectivity index (χ1n) is 6.09. The standard InChI is InChI=1S/C11H18N4O3S/c1-12-10-9(18-2)11(14-7-13-10)15-8-4-3-5-19(16,17)6-8/h7-8H,3-6H2,1-2H3,(H2,12,13,14,15). The summed E-state index contributed by atoms with van der Waals surface area (Å²) in [5.74, 6) is 1.98. The van der Waals surface area contributed by atoms with Crippen molar-refractivity contribution in [1.29, 1.82) is 0 Å². The van der Waals surface area contributed by atoms with Crippen LogP contribution in [0.3, 0.4) is 0 Å². The molecule has 2 N–H and O–H groups in total. The monoisotopic (exact) mass is 286 g/mol. The van der Waals surface area contributed by atoms with Gasteiger partial charge >= 0.3 is 0 Å². The van der Waals surface area contributed by atoms with Crippen LogP contribution in [0.2, 0.25) is 0 Å². The lowest BCUT2D eigenvalue weighted by Gasteiger charge is -2.24. The predicted octanol–water partition coefficient (Wildman–Crippen LogP) is 0.516. The minimum Gasteiger partial charge on any atom is -0.490 e. The molecule has 0 saturated carbocycles. The van der Waals surface area contributed by atoms with E-state index < -0.39 is 9.84 Å². The van der Waals surface area contributed by atoms with Gasteiger partial charge in [0.2, 0.25) is 5.75 Å². The molecule has 1 fully saturated rings. The third-order valence-corrected chi connectivity index (χ3v) is 4.87. The van der Waals surface area contributed by atoms with Crippen molar-refractivity contribution in [3.8, 4) is 5.75 Å². The second-order valence-corrected chi connectivity index (χ2v) is 6.68. The highest BCUT2D eigenvalue weighted by atomic mass is 32.2. The van der Waals surface area contributed by atoms with Gasteiger partial charge in [0.1, 0.15) is 6.33 Å². The third-order valence-electron chi connectivity index (χ3n) is 3.05. The van der Waals surface area contributed by atoms with Gasteiger partial charge in [-0.3, -0.25) is 0 Å². The third kappa shape index (κ3) is 3.25. The van der Waals surface area contributed by atoms with Crippen molar-refractivity contribution >= 4 is 21.5 Å². The van der Waals surface area contributed by atoms with Crippen LogP contribution in [0.4, 0.5) is 11.6 Å². The highest BCUT2D eigenvalue weighted by Gasteiger charge is 2.26. The van der Waals surface area contributed by atoms with Gasteiger partial charge in [-0.25, -0.2) is 18.4 Å². The fraction of sp³-hybridized carbons (Fsp3) is 0.636. The van der Waals surface area contributed by atoms with E-state index in [0.717, 1.165) is 6.42 Å². The number of rotatable bonds is 4. The van der Waals surface area contributed by atoms with Crippen molar-refractivity contribution in [3.63, 3.8) is 0 Å². The lowest BCUT2D eigenvalue weighted by Crippen LogP contribution is -2.35. The number of hydrogen-bond acceptors (Lipinski definition) is 7. The molecule has 106 valence electrons. The van der Waals surface area contributed by atoms with Crippen molar-refractivity contribution < 1.29 is 13.2 Å². The van der Waals surface area contributed by atoms with Crippen molar-refractivity contribution in [3.05, 3.63) is 6.33 Å². The number of anilines is 2. The summed E-state index contributed by atoms with van der Waals surface area (Å²) in [5, 5.41) is 6.04. The summed E-state index contributed by atoms with van der Waals surface area (Å²) in [6, 6.07) is -0.132. The van der Waals surface area contributed by atoms with Crippen LogP contribution in [0.15, 0.2) is 6.33 Å². The van der Waals surface area contributed by atoms with E-state index in [2.05, 4.69) is 20.6 Å². The SMILES string of the molecule is CNc1ncnc(NC2CCCS(=O)(=O)C2)c1OC. The molecule has 0 aromatic carbocycles. The quantitative estimate of drug-likeness (QED) is 0.833. The van der Waals surface area contributed by atoms with Crippen molar-refractivity contribution in [2.24, 2.45) is 0 Å². The Morgan fingerprint density at radius 1 is 1.37 bits per heavy atom. The number of nitrogens with zero attached hydrogens (tertiary/aromatic N) is 2. The van der Waals surface area contributed by atoms with Crippen LogP contribution in [0, 0.1) is 0 Å². The molecule has 19 heavy (non-hydrogen) atoms. The molecule has 0 spiro atoms. The molecule has 1 aliphatic heterocycles. The maximum absolute atomic E-state index is 11.6. The first-order valence-corrected chi connectivity index (χ1v) is 7.91. The number of aromatic nitrogens is 2. The first kappa shape index (κ1) is 13.9. The van der Waals surface area contributed by atoms with Gasteiger partial charge < -0.3 is 15.4 Å². The molecule has 1 aliphatic rings. The Balaban J connectivity index is 2.19. The van der Waals surface area contributed by atoms with Gasteiger partial charge in [0.25, 0.3) is 0 Å². The van der Waals surface area contributed by atoms with E-state index in [1.165, 1.54) is 13.4 Å². The van der Waals surface area contributed by atoms with Crippen LogP contribution in [-0.2, 0) is 9.84 Å². The van der Waals surface area contributed by atoms with Crippen LogP contribution in [0.1, 0.15) is 12.8 Å². The Bertz CT molecular complexity index is 547. The smallest absolute Gasteiger partial charge is 0.204 e. The topological polar surface area (TPSA) is 93.2 Å². The Morgan fingerprint density at radius 2 is 2.11 bits per heavy atom. The van der Waals surface area contributed by atoms with Gasteiger partial charge in [0.15, 0.2) is 21.5 Å². The van der Waals surface area contributed by atoms with Crippen molar-refractivity contribution in [2.75, 3.05) is 36.3 Å². The summed E-state index contributed by atoms with van der Waals surface area (Å²) in [6.07, 6.45) is 2.89. The number of nitrogens with one attached hydrogen (secondary N) is 2. The molecular weight excluding hydrogens is 268 g/mol. The molecule has 0 aliphatic carbocycles. The van der Waals surface area contributed by atoms with E-state index >= 15 is 0 Å². The van der Waals surface area contributed by atoms with E-state index in [1.807, 2.05) is 0 Å². The fourth-order valence-corrected chi connectivity index (χ4v) is 3.81. The van der Waals surface area contributed by atoms with Gasteiger partial charge in [-0.2, -0.15) is 0 Å². The molecular formula is C11H18N4O3S. The summed E-state index contributed by atoms with van der Waals surface area (Å²) in [6.45, 7) is 0. The lowest BCUT2D eigenvalue weighted by atomic mass is 10.2. The van der Waals surface area contributed by atoms with E-state index in [4.69, 9.17) is 4.74 Å².